The normalized spacial score (nSPS) is 16.1. The Morgan fingerprint density at radius 3 is 2.25 bits per heavy atom. The second-order valence-electron chi connectivity index (χ2n) is 4.26. The monoisotopic (exact) mass is 280 g/mol. The van der Waals surface area contributed by atoms with Gasteiger partial charge in [0.1, 0.15) is 5.76 Å². The fourth-order valence-electron chi connectivity index (χ4n) is 1.86. The minimum absolute atomic E-state index is 0.314. The van der Waals surface area contributed by atoms with Gasteiger partial charge in [-0.3, -0.25) is 0 Å². The second-order valence-corrected chi connectivity index (χ2v) is 5.38. The Morgan fingerprint density at radius 1 is 0.900 bits per heavy atom. The van der Waals surface area contributed by atoms with E-state index >= 15 is 0 Å². The summed E-state index contributed by atoms with van der Waals surface area (Å²) >= 11 is 1.53. The van der Waals surface area contributed by atoms with E-state index in [4.69, 9.17) is 4.74 Å². The molecule has 20 heavy (non-hydrogen) atoms. The standard InChI is InChI=1S/C17H12O2S/c18-17-12-16(20-14-9-5-2-6-10-14)15(19-17)11-13-7-3-1-4-8-13/h1-12H. The lowest BCUT2D eigenvalue weighted by Gasteiger charge is -2.04. The topological polar surface area (TPSA) is 26.3 Å². The summed E-state index contributed by atoms with van der Waals surface area (Å²) in [6.07, 6.45) is 3.42. The Morgan fingerprint density at radius 2 is 1.55 bits per heavy atom. The molecule has 3 heteroatoms. The molecule has 1 heterocycles. The summed E-state index contributed by atoms with van der Waals surface area (Å²) < 4.78 is 5.26. The van der Waals surface area contributed by atoms with Gasteiger partial charge in [-0.15, -0.1) is 0 Å². The summed E-state index contributed by atoms with van der Waals surface area (Å²) in [5.74, 6) is 0.292. The van der Waals surface area contributed by atoms with Crippen LogP contribution in [-0.4, -0.2) is 5.97 Å². The molecule has 0 aromatic heterocycles. The summed E-state index contributed by atoms with van der Waals surface area (Å²) in [4.78, 5) is 13.4. The van der Waals surface area contributed by atoms with Gasteiger partial charge in [-0.2, -0.15) is 0 Å². The van der Waals surface area contributed by atoms with Gasteiger partial charge in [0, 0.05) is 11.0 Å². The summed E-state index contributed by atoms with van der Waals surface area (Å²) in [7, 11) is 0. The van der Waals surface area contributed by atoms with Gasteiger partial charge in [0.05, 0.1) is 4.91 Å². The SMILES string of the molecule is O=C1C=C(Sc2ccccc2)C(=Cc2ccccc2)O1. The third kappa shape index (κ3) is 3.00. The van der Waals surface area contributed by atoms with Crippen molar-refractivity contribution in [3.05, 3.63) is 83.0 Å². The summed E-state index contributed by atoms with van der Waals surface area (Å²) in [5, 5.41) is 0. The quantitative estimate of drug-likeness (QED) is 0.786. The van der Waals surface area contributed by atoms with Gasteiger partial charge in [-0.25, -0.2) is 4.79 Å². The highest BCUT2D eigenvalue weighted by Crippen LogP contribution is 2.36. The maximum absolute atomic E-state index is 11.5. The maximum atomic E-state index is 11.5. The van der Waals surface area contributed by atoms with Crippen LogP contribution in [-0.2, 0) is 9.53 Å². The van der Waals surface area contributed by atoms with Crippen LogP contribution in [0.15, 0.2) is 82.3 Å². The molecule has 0 radical (unpaired) electrons. The molecular weight excluding hydrogens is 268 g/mol. The van der Waals surface area contributed by atoms with Crippen LogP contribution in [0.5, 0.6) is 0 Å². The fraction of sp³-hybridized carbons (Fsp3) is 0. The zero-order chi connectivity index (χ0) is 13.8. The van der Waals surface area contributed by atoms with Crippen molar-refractivity contribution in [2.45, 2.75) is 4.90 Å². The third-order valence-corrected chi connectivity index (χ3v) is 3.82. The Bertz CT molecular complexity index is 673. The summed E-state index contributed by atoms with van der Waals surface area (Å²) in [5.41, 5.74) is 1.01. The minimum atomic E-state index is -0.314. The van der Waals surface area contributed by atoms with Crippen LogP contribution in [0, 0.1) is 0 Å². The Kier molecular flexibility index (Phi) is 3.70. The van der Waals surface area contributed by atoms with Crippen LogP contribution in [0.2, 0.25) is 0 Å². The van der Waals surface area contributed by atoms with E-state index in [0.29, 0.717) is 5.76 Å². The molecule has 0 spiro atoms. The number of carbonyl (C=O) groups is 1. The number of esters is 1. The number of hydrogen-bond acceptors (Lipinski definition) is 3. The number of carbonyl (C=O) groups excluding carboxylic acids is 1. The van der Waals surface area contributed by atoms with Gasteiger partial charge in [-0.1, -0.05) is 60.3 Å². The predicted octanol–water partition coefficient (Wildman–Crippen LogP) is 4.26. The lowest BCUT2D eigenvalue weighted by Crippen LogP contribution is -1.90. The van der Waals surface area contributed by atoms with E-state index in [0.717, 1.165) is 15.4 Å². The van der Waals surface area contributed by atoms with Crippen LogP contribution in [0.3, 0.4) is 0 Å². The maximum Gasteiger partial charge on any atom is 0.337 e. The first kappa shape index (κ1) is 12.8. The van der Waals surface area contributed by atoms with Crippen molar-refractivity contribution in [2.75, 3.05) is 0 Å². The number of benzene rings is 2. The van der Waals surface area contributed by atoms with Crippen LogP contribution in [0.4, 0.5) is 0 Å². The van der Waals surface area contributed by atoms with Crippen molar-refractivity contribution in [2.24, 2.45) is 0 Å². The van der Waals surface area contributed by atoms with E-state index in [1.807, 2.05) is 66.7 Å². The van der Waals surface area contributed by atoms with Crippen molar-refractivity contribution < 1.29 is 9.53 Å². The molecule has 2 nitrogen and oxygen atoms in total. The Balaban J connectivity index is 1.87. The third-order valence-electron chi connectivity index (χ3n) is 2.77. The van der Waals surface area contributed by atoms with Crippen LogP contribution in [0.1, 0.15) is 5.56 Å². The molecule has 0 bridgehead atoms. The predicted molar refractivity (Wildman–Crippen MR) is 80.9 cm³/mol. The van der Waals surface area contributed by atoms with Crippen molar-refractivity contribution in [3.8, 4) is 0 Å². The van der Waals surface area contributed by atoms with E-state index < -0.39 is 0 Å². The summed E-state index contributed by atoms with van der Waals surface area (Å²) in [6, 6.07) is 19.8. The second kappa shape index (κ2) is 5.80. The van der Waals surface area contributed by atoms with E-state index in [1.54, 1.807) is 0 Å². The highest BCUT2D eigenvalue weighted by molar-refractivity contribution is 8.03. The molecule has 1 aliphatic rings. The van der Waals surface area contributed by atoms with E-state index in [-0.39, 0.29) is 5.97 Å². The molecule has 2 aromatic carbocycles. The number of cyclic esters (lactones) is 1. The highest BCUT2D eigenvalue weighted by Gasteiger charge is 2.21. The number of ether oxygens (including phenoxy) is 1. The highest BCUT2D eigenvalue weighted by atomic mass is 32.2. The first-order valence-electron chi connectivity index (χ1n) is 6.25. The lowest BCUT2D eigenvalue weighted by molar-refractivity contribution is -0.132. The zero-order valence-electron chi connectivity index (χ0n) is 10.7. The minimum Gasteiger partial charge on any atom is -0.422 e. The van der Waals surface area contributed by atoms with Gasteiger partial charge in [0.15, 0.2) is 0 Å². The molecule has 1 aliphatic heterocycles. The van der Waals surface area contributed by atoms with Gasteiger partial charge >= 0.3 is 5.97 Å². The molecule has 0 fully saturated rings. The van der Waals surface area contributed by atoms with Crippen molar-refractivity contribution >= 4 is 23.8 Å². The smallest absolute Gasteiger partial charge is 0.337 e. The van der Waals surface area contributed by atoms with Gasteiger partial charge in [0.25, 0.3) is 0 Å². The largest absolute Gasteiger partial charge is 0.422 e. The molecule has 3 rings (SSSR count). The molecule has 0 amide bonds. The average Bonchev–Trinajstić information content (AvgIpc) is 2.81. The van der Waals surface area contributed by atoms with Crippen molar-refractivity contribution in [3.63, 3.8) is 0 Å². The van der Waals surface area contributed by atoms with Crippen LogP contribution >= 0.6 is 11.8 Å². The molecule has 0 N–H and O–H groups in total. The number of rotatable bonds is 3. The average molecular weight is 280 g/mol. The van der Waals surface area contributed by atoms with Crippen molar-refractivity contribution in [1.29, 1.82) is 0 Å². The summed E-state index contributed by atoms with van der Waals surface area (Å²) in [6.45, 7) is 0. The van der Waals surface area contributed by atoms with Crippen molar-refractivity contribution in [1.82, 2.24) is 0 Å². The molecule has 0 unspecified atom stereocenters. The molecule has 0 atom stereocenters. The Labute approximate surface area is 121 Å². The van der Waals surface area contributed by atoms with Gasteiger partial charge in [0.2, 0.25) is 0 Å². The lowest BCUT2D eigenvalue weighted by atomic mass is 10.2. The molecule has 0 aliphatic carbocycles. The number of hydrogen-bond donors (Lipinski definition) is 0. The molecule has 98 valence electrons. The Hall–Kier alpha value is -2.26. The van der Waals surface area contributed by atoms with E-state index in [1.165, 1.54) is 17.8 Å². The molecule has 0 saturated heterocycles. The first-order chi connectivity index (χ1) is 9.81. The van der Waals surface area contributed by atoms with Gasteiger partial charge in [-0.05, 0) is 23.8 Å². The first-order valence-corrected chi connectivity index (χ1v) is 7.06. The van der Waals surface area contributed by atoms with E-state index in [9.17, 15) is 4.79 Å². The fourth-order valence-corrected chi connectivity index (χ4v) is 2.77. The van der Waals surface area contributed by atoms with Crippen LogP contribution < -0.4 is 0 Å². The number of thioether (sulfide) groups is 1. The van der Waals surface area contributed by atoms with E-state index in [2.05, 4.69) is 0 Å². The zero-order valence-corrected chi connectivity index (χ0v) is 11.5. The van der Waals surface area contributed by atoms with Gasteiger partial charge < -0.3 is 4.74 Å². The molecular formula is C17H12O2S. The molecule has 2 aromatic rings. The van der Waals surface area contributed by atoms with Crippen LogP contribution in [0.25, 0.3) is 6.08 Å². The molecule has 0 saturated carbocycles.